The molecule has 0 heterocycles. The van der Waals surface area contributed by atoms with Gasteiger partial charge in [-0.1, -0.05) is 24.3 Å². The van der Waals surface area contributed by atoms with Crippen LogP contribution in [0.2, 0.25) is 0 Å². The predicted octanol–water partition coefficient (Wildman–Crippen LogP) is 1.71. The Labute approximate surface area is 77.2 Å². The van der Waals surface area contributed by atoms with Crippen LogP contribution in [0.5, 0.6) is 0 Å². The first-order valence-electron chi connectivity index (χ1n) is 4.27. The minimum Gasteiger partial charge on any atom is -0.387 e. The summed E-state index contributed by atoms with van der Waals surface area (Å²) in [5.74, 6) is 0. The van der Waals surface area contributed by atoms with E-state index in [1.807, 2.05) is 0 Å². The number of halogens is 1. The third kappa shape index (κ3) is 2.50. The monoisotopic (exact) mass is 183 g/mol. The van der Waals surface area contributed by atoms with Gasteiger partial charge in [0.2, 0.25) is 0 Å². The first-order chi connectivity index (χ1) is 6.15. The van der Waals surface area contributed by atoms with Gasteiger partial charge in [-0.2, -0.15) is 0 Å². The zero-order chi connectivity index (χ0) is 9.84. The molecule has 0 aliphatic carbocycles. The quantitative estimate of drug-likeness (QED) is 0.749. The molecule has 2 atom stereocenters. The summed E-state index contributed by atoms with van der Waals surface area (Å²) in [5.41, 5.74) is 6.62. The van der Waals surface area contributed by atoms with Crippen LogP contribution < -0.4 is 5.73 Å². The molecule has 0 spiro atoms. The van der Waals surface area contributed by atoms with Crippen LogP contribution in [0, 0.1) is 0 Å². The van der Waals surface area contributed by atoms with Crippen LogP contribution >= 0.6 is 0 Å². The van der Waals surface area contributed by atoms with Crippen LogP contribution in [0.4, 0.5) is 4.39 Å². The zero-order valence-electron chi connectivity index (χ0n) is 7.57. The van der Waals surface area contributed by atoms with Gasteiger partial charge in [0.25, 0.3) is 0 Å². The molecule has 1 aromatic carbocycles. The highest BCUT2D eigenvalue weighted by Crippen LogP contribution is 2.19. The number of nitrogens with two attached hydrogens (primary N) is 1. The molecule has 0 fully saturated rings. The van der Waals surface area contributed by atoms with Crippen molar-refractivity contribution in [1.29, 1.82) is 0 Å². The third-order valence-corrected chi connectivity index (χ3v) is 2.00. The summed E-state index contributed by atoms with van der Waals surface area (Å²) in [6.07, 6.45) is -1.62. The van der Waals surface area contributed by atoms with Crippen LogP contribution in [0.25, 0.3) is 0 Å². The normalized spacial score (nSPS) is 15.4. The van der Waals surface area contributed by atoms with Crippen LogP contribution in [0.3, 0.4) is 0 Å². The van der Waals surface area contributed by atoms with Gasteiger partial charge >= 0.3 is 0 Å². The van der Waals surface area contributed by atoms with Crippen molar-refractivity contribution < 1.29 is 9.50 Å². The van der Waals surface area contributed by atoms with Gasteiger partial charge in [0.05, 0.1) is 6.10 Å². The molecule has 0 saturated carbocycles. The molecule has 3 heteroatoms. The highest BCUT2D eigenvalue weighted by Gasteiger charge is 2.06. The van der Waals surface area contributed by atoms with E-state index < -0.39 is 12.3 Å². The molecule has 2 unspecified atom stereocenters. The Kier molecular flexibility index (Phi) is 3.39. The first kappa shape index (κ1) is 10.2. The second-order valence-electron chi connectivity index (χ2n) is 3.03. The molecule has 0 saturated heterocycles. The summed E-state index contributed by atoms with van der Waals surface area (Å²) >= 11 is 0. The molecular formula is C10H14FNO. The SMILES string of the molecule is CC(F)c1ccc(C(O)CN)cc1. The van der Waals surface area contributed by atoms with Crippen molar-refractivity contribution in [1.82, 2.24) is 0 Å². The van der Waals surface area contributed by atoms with Crippen molar-refractivity contribution in [3.8, 4) is 0 Å². The zero-order valence-corrected chi connectivity index (χ0v) is 7.57. The van der Waals surface area contributed by atoms with E-state index in [1.54, 1.807) is 24.3 Å². The number of hydrogen-bond donors (Lipinski definition) is 2. The average Bonchev–Trinajstić information content (AvgIpc) is 2.17. The maximum atomic E-state index is 12.8. The summed E-state index contributed by atoms with van der Waals surface area (Å²) in [6, 6.07) is 6.73. The fourth-order valence-electron chi connectivity index (χ4n) is 1.12. The van der Waals surface area contributed by atoms with E-state index in [4.69, 9.17) is 5.73 Å². The van der Waals surface area contributed by atoms with E-state index in [0.29, 0.717) is 5.56 Å². The molecule has 1 rings (SSSR count). The highest BCUT2D eigenvalue weighted by molar-refractivity contribution is 5.25. The fourth-order valence-corrected chi connectivity index (χ4v) is 1.12. The Morgan fingerprint density at radius 3 is 2.15 bits per heavy atom. The van der Waals surface area contributed by atoms with Crippen LogP contribution in [-0.4, -0.2) is 11.7 Å². The van der Waals surface area contributed by atoms with Crippen molar-refractivity contribution >= 4 is 0 Å². The van der Waals surface area contributed by atoms with Gasteiger partial charge in [-0.05, 0) is 18.1 Å². The molecule has 0 aliphatic rings. The lowest BCUT2D eigenvalue weighted by molar-refractivity contribution is 0.186. The Bertz CT molecular complexity index is 258. The van der Waals surface area contributed by atoms with Crippen molar-refractivity contribution in [2.24, 2.45) is 5.73 Å². The number of benzene rings is 1. The Morgan fingerprint density at radius 2 is 1.77 bits per heavy atom. The number of hydrogen-bond acceptors (Lipinski definition) is 2. The molecule has 0 aromatic heterocycles. The summed E-state index contributed by atoms with van der Waals surface area (Å²) in [6.45, 7) is 1.67. The molecule has 2 nitrogen and oxygen atoms in total. The Balaban J connectivity index is 2.81. The average molecular weight is 183 g/mol. The summed E-state index contributed by atoms with van der Waals surface area (Å²) in [5, 5.41) is 9.34. The molecule has 0 amide bonds. The van der Waals surface area contributed by atoms with Crippen LogP contribution in [-0.2, 0) is 0 Å². The molecule has 13 heavy (non-hydrogen) atoms. The molecule has 0 radical (unpaired) electrons. The largest absolute Gasteiger partial charge is 0.387 e. The van der Waals surface area contributed by atoms with Crippen LogP contribution in [0.1, 0.15) is 30.3 Å². The fraction of sp³-hybridized carbons (Fsp3) is 0.400. The molecule has 0 bridgehead atoms. The van der Waals surface area contributed by atoms with Crippen LogP contribution in [0.15, 0.2) is 24.3 Å². The van der Waals surface area contributed by atoms with E-state index in [9.17, 15) is 9.50 Å². The maximum absolute atomic E-state index is 12.8. The number of aliphatic hydroxyl groups excluding tert-OH is 1. The van der Waals surface area contributed by atoms with Crippen molar-refractivity contribution in [2.75, 3.05) is 6.54 Å². The first-order valence-corrected chi connectivity index (χ1v) is 4.27. The van der Waals surface area contributed by atoms with Gasteiger partial charge in [0.1, 0.15) is 6.17 Å². The van der Waals surface area contributed by atoms with E-state index >= 15 is 0 Å². The molecule has 0 aliphatic heterocycles. The van der Waals surface area contributed by atoms with Crippen molar-refractivity contribution in [3.05, 3.63) is 35.4 Å². The Hall–Kier alpha value is -0.930. The van der Waals surface area contributed by atoms with E-state index in [2.05, 4.69) is 0 Å². The smallest absolute Gasteiger partial charge is 0.122 e. The predicted molar refractivity (Wildman–Crippen MR) is 50.0 cm³/mol. The lowest BCUT2D eigenvalue weighted by Gasteiger charge is -2.09. The van der Waals surface area contributed by atoms with Gasteiger partial charge in [-0.25, -0.2) is 4.39 Å². The minimum atomic E-state index is -0.968. The topological polar surface area (TPSA) is 46.2 Å². The van der Waals surface area contributed by atoms with E-state index in [-0.39, 0.29) is 6.54 Å². The van der Waals surface area contributed by atoms with Crippen molar-refractivity contribution in [2.45, 2.75) is 19.2 Å². The highest BCUT2D eigenvalue weighted by atomic mass is 19.1. The van der Waals surface area contributed by atoms with E-state index in [1.165, 1.54) is 6.92 Å². The summed E-state index contributed by atoms with van der Waals surface area (Å²) in [7, 11) is 0. The standard InChI is InChI=1S/C10H14FNO/c1-7(11)8-2-4-9(5-3-8)10(13)6-12/h2-5,7,10,13H,6,12H2,1H3. The maximum Gasteiger partial charge on any atom is 0.122 e. The van der Waals surface area contributed by atoms with Gasteiger partial charge in [-0.3, -0.25) is 0 Å². The molecule has 3 N–H and O–H groups in total. The van der Waals surface area contributed by atoms with Crippen molar-refractivity contribution in [3.63, 3.8) is 0 Å². The lowest BCUT2D eigenvalue weighted by Crippen LogP contribution is -2.11. The van der Waals surface area contributed by atoms with Gasteiger partial charge in [0.15, 0.2) is 0 Å². The van der Waals surface area contributed by atoms with E-state index in [0.717, 1.165) is 5.56 Å². The summed E-state index contributed by atoms with van der Waals surface area (Å²) < 4.78 is 12.8. The molecule has 72 valence electrons. The van der Waals surface area contributed by atoms with Gasteiger partial charge in [-0.15, -0.1) is 0 Å². The van der Waals surface area contributed by atoms with Gasteiger partial charge < -0.3 is 10.8 Å². The summed E-state index contributed by atoms with van der Waals surface area (Å²) in [4.78, 5) is 0. The lowest BCUT2D eigenvalue weighted by atomic mass is 10.1. The second kappa shape index (κ2) is 4.35. The van der Waals surface area contributed by atoms with Gasteiger partial charge in [0, 0.05) is 6.54 Å². The number of alkyl halides is 1. The number of rotatable bonds is 3. The minimum absolute atomic E-state index is 0.185. The third-order valence-electron chi connectivity index (χ3n) is 2.00. The second-order valence-corrected chi connectivity index (χ2v) is 3.03. The number of aliphatic hydroxyl groups is 1. The molecular weight excluding hydrogens is 169 g/mol. The Morgan fingerprint density at radius 1 is 1.31 bits per heavy atom. The molecule has 1 aromatic rings.